The molecule has 1 aliphatic heterocycles. The summed E-state index contributed by atoms with van der Waals surface area (Å²) in [6.45, 7) is 4.93. The number of rotatable bonds is 2. The molecule has 0 bridgehead atoms. The summed E-state index contributed by atoms with van der Waals surface area (Å²) in [5.74, 6) is 0.982. The van der Waals surface area contributed by atoms with E-state index in [9.17, 15) is 0 Å². The van der Waals surface area contributed by atoms with Crippen LogP contribution in [0.25, 0.3) is 0 Å². The van der Waals surface area contributed by atoms with Gasteiger partial charge in [-0.15, -0.1) is 0 Å². The Morgan fingerprint density at radius 2 is 2.16 bits per heavy atom. The zero-order valence-corrected chi connectivity index (χ0v) is 12.5. The van der Waals surface area contributed by atoms with Crippen LogP contribution in [0.5, 0.6) is 0 Å². The number of hydrogen-bond donors (Lipinski definition) is 1. The van der Waals surface area contributed by atoms with Crippen LogP contribution in [0.4, 0.5) is 5.69 Å². The summed E-state index contributed by atoms with van der Waals surface area (Å²) in [5.41, 5.74) is 2.64. The van der Waals surface area contributed by atoms with Crippen LogP contribution in [-0.4, -0.2) is 12.6 Å². The fraction of sp³-hybridized carbons (Fsp3) is 0.333. The van der Waals surface area contributed by atoms with Crippen LogP contribution in [0.1, 0.15) is 18.2 Å². The van der Waals surface area contributed by atoms with Crippen LogP contribution in [0, 0.1) is 0 Å². The van der Waals surface area contributed by atoms with E-state index in [4.69, 9.17) is 4.42 Å². The molecule has 3 rings (SSSR count). The quantitative estimate of drug-likeness (QED) is 0.917. The molecule has 1 N–H and O–H groups in total. The number of nitrogens with zero attached hydrogens (tertiary/aromatic N) is 1. The second-order valence-corrected chi connectivity index (χ2v) is 5.78. The van der Waals surface area contributed by atoms with Crippen molar-refractivity contribution in [3.05, 3.63) is 52.4 Å². The SMILES string of the molecule is CC1CN(Cc2ccc(Br)o2)c2ccccc2CN1. The standard InChI is InChI=1S/C15H17BrN2O/c1-11-9-18(10-13-6-7-15(16)19-13)14-5-3-2-4-12(14)8-17-11/h2-7,11,17H,8-10H2,1H3. The van der Waals surface area contributed by atoms with Crippen molar-refractivity contribution >= 4 is 21.6 Å². The Morgan fingerprint density at radius 3 is 2.95 bits per heavy atom. The third kappa shape index (κ3) is 2.85. The van der Waals surface area contributed by atoms with E-state index in [1.807, 2.05) is 12.1 Å². The topological polar surface area (TPSA) is 28.4 Å². The predicted molar refractivity (Wildman–Crippen MR) is 80.2 cm³/mol. The molecule has 0 amide bonds. The molecule has 0 fully saturated rings. The molecule has 3 nitrogen and oxygen atoms in total. The summed E-state index contributed by atoms with van der Waals surface area (Å²) in [7, 11) is 0. The minimum absolute atomic E-state index is 0.464. The highest BCUT2D eigenvalue weighted by Gasteiger charge is 2.19. The normalized spacial score (nSPS) is 19.1. The summed E-state index contributed by atoms with van der Waals surface area (Å²) in [4.78, 5) is 2.38. The van der Waals surface area contributed by atoms with Gasteiger partial charge >= 0.3 is 0 Å². The molecule has 1 aliphatic rings. The number of furan rings is 1. The zero-order chi connectivity index (χ0) is 13.2. The van der Waals surface area contributed by atoms with Gasteiger partial charge in [0.05, 0.1) is 6.54 Å². The first-order chi connectivity index (χ1) is 9.22. The van der Waals surface area contributed by atoms with Crippen LogP contribution in [0.2, 0.25) is 0 Å². The molecule has 2 aromatic rings. The Balaban J connectivity index is 1.89. The van der Waals surface area contributed by atoms with Crippen molar-refractivity contribution in [1.29, 1.82) is 0 Å². The number of para-hydroxylation sites is 1. The van der Waals surface area contributed by atoms with E-state index >= 15 is 0 Å². The van der Waals surface area contributed by atoms with Gasteiger partial charge < -0.3 is 14.6 Å². The smallest absolute Gasteiger partial charge is 0.169 e. The lowest BCUT2D eigenvalue weighted by molar-refractivity contribution is 0.473. The van der Waals surface area contributed by atoms with Crippen molar-refractivity contribution in [3.8, 4) is 0 Å². The number of anilines is 1. The monoisotopic (exact) mass is 320 g/mol. The van der Waals surface area contributed by atoms with Crippen molar-refractivity contribution in [1.82, 2.24) is 5.32 Å². The third-order valence-corrected chi connectivity index (χ3v) is 3.87. The number of nitrogens with one attached hydrogen (secondary N) is 1. The van der Waals surface area contributed by atoms with E-state index in [0.29, 0.717) is 6.04 Å². The Hall–Kier alpha value is -1.26. The molecule has 4 heteroatoms. The molecule has 100 valence electrons. The van der Waals surface area contributed by atoms with E-state index in [2.05, 4.69) is 57.3 Å². The Labute approximate surface area is 121 Å². The average Bonchev–Trinajstić information content (AvgIpc) is 2.74. The first-order valence-corrected chi connectivity index (χ1v) is 7.32. The minimum atomic E-state index is 0.464. The van der Waals surface area contributed by atoms with Crippen molar-refractivity contribution in [3.63, 3.8) is 0 Å². The molecule has 0 saturated heterocycles. The van der Waals surface area contributed by atoms with Crippen molar-refractivity contribution in [2.75, 3.05) is 11.4 Å². The highest BCUT2D eigenvalue weighted by atomic mass is 79.9. The lowest BCUT2D eigenvalue weighted by Gasteiger charge is -2.25. The van der Waals surface area contributed by atoms with Gasteiger partial charge in [-0.05, 0) is 46.6 Å². The molecule has 0 aliphatic carbocycles. The Kier molecular flexibility index (Phi) is 3.62. The number of halogens is 1. The largest absolute Gasteiger partial charge is 0.452 e. The number of hydrogen-bond acceptors (Lipinski definition) is 3. The van der Waals surface area contributed by atoms with Gasteiger partial charge in [0.25, 0.3) is 0 Å². The maximum atomic E-state index is 5.63. The van der Waals surface area contributed by atoms with E-state index in [-0.39, 0.29) is 0 Å². The van der Waals surface area contributed by atoms with Crippen molar-refractivity contribution in [2.45, 2.75) is 26.1 Å². The summed E-state index contributed by atoms with van der Waals surface area (Å²) in [6, 6.07) is 13.0. The van der Waals surface area contributed by atoms with Crippen molar-refractivity contribution in [2.24, 2.45) is 0 Å². The van der Waals surface area contributed by atoms with Crippen LogP contribution in [0.15, 0.2) is 45.5 Å². The maximum Gasteiger partial charge on any atom is 0.169 e. The Morgan fingerprint density at radius 1 is 1.32 bits per heavy atom. The first kappa shape index (κ1) is 12.8. The molecular formula is C15H17BrN2O. The van der Waals surface area contributed by atoms with Crippen LogP contribution < -0.4 is 10.2 Å². The van der Waals surface area contributed by atoms with Crippen LogP contribution in [-0.2, 0) is 13.1 Å². The molecule has 1 aromatic heterocycles. The molecular weight excluding hydrogens is 304 g/mol. The van der Waals surface area contributed by atoms with Gasteiger partial charge in [-0.2, -0.15) is 0 Å². The van der Waals surface area contributed by atoms with Gasteiger partial charge in [0.15, 0.2) is 4.67 Å². The summed E-state index contributed by atoms with van der Waals surface area (Å²) < 4.78 is 6.42. The molecule has 1 aromatic carbocycles. The lowest BCUT2D eigenvalue weighted by Crippen LogP contribution is -2.35. The highest BCUT2D eigenvalue weighted by molar-refractivity contribution is 9.10. The minimum Gasteiger partial charge on any atom is -0.452 e. The van der Waals surface area contributed by atoms with Crippen LogP contribution in [0.3, 0.4) is 0 Å². The van der Waals surface area contributed by atoms with E-state index in [0.717, 1.165) is 30.1 Å². The highest BCUT2D eigenvalue weighted by Crippen LogP contribution is 2.26. The number of fused-ring (bicyclic) bond motifs is 1. The van der Waals surface area contributed by atoms with Gasteiger partial charge in [0.2, 0.25) is 0 Å². The van der Waals surface area contributed by atoms with E-state index < -0.39 is 0 Å². The summed E-state index contributed by atoms with van der Waals surface area (Å²) >= 11 is 3.36. The fourth-order valence-corrected chi connectivity index (χ4v) is 2.86. The Bertz CT molecular complexity index is 567. The second-order valence-electron chi connectivity index (χ2n) is 5.00. The summed E-state index contributed by atoms with van der Waals surface area (Å²) in [6.07, 6.45) is 0. The third-order valence-electron chi connectivity index (χ3n) is 3.44. The lowest BCUT2D eigenvalue weighted by atomic mass is 10.1. The van der Waals surface area contributed by atoms with Gasteiger partial charge in [0, 0.05) is 24.8 Å². The maximum absolute atomic E-state index is 5.63. The van der Waals surface area contributed by atoms with Crippen LogP contribution >= 0.6 is 15.9 Å². The molecule has 0 spiro atoms. The number of benzene rings is 1. The molecule has 0 saturated carbocycles. The van der Waals surface area contributed by atoms with Gasteiger partial charge in [-0.1, -0.05) is 18.2 Å². The average molecular weight is 321 g/mol. The van der Waals surface area contributed by atoms with Gasteiger partial charge in [-0.25, -0.2) is 0 Å². The second kappa shape index (κ2) is 5.39. The van der Waals surface area contributed by atoms with E-state index in [1.54, 1.807) is 0 Å². The predicted octanol–water partition coefficient (Wildman–Crippen LogP) is 3.54. The fourth-order valence-electron chi connectivity index (χ4n) is 2.52. The molecule has 2 heterocycles. The van der Waals surface area contributed by atoms with Crippen molar-refractivity contribution < 1.29 is 4.42 Å². The molecule has 19 heavy (non-hydrogen) atoms. The first-order valence-electron chi connectivity index (χ1n) is 6.53. The summed E-state index contributed by atoms with van der Waals surface area (Å²) in [5, 5.41) is 3.54. The zero-order valence-electron chi connectivity index (χ0n) is 10.9. The molecule has 1 unspecified atom stereocenters. The molecule has 1 atom stereocenters. The molecule has 0 radical (unpaired) electrons. The van der Waals surface area contributed by atoms with E-state index in [1.165, 1.54) is 11.3 Å². The van der Waals surface area contributed by atoms with Gasteiger partial charge in [0.1, 0.15) is 5.76 Å². The van der Waals surface area contributed by atoms with Gasteiger partial charge in [-0.3, -0.25) is 0 Å².